The summed E-state index contributed by atoms with van der Waals surface area (Å²) in [6.45, 7) is 0. The van der Waals surface area contributed by atoms with Gasteiger partial charge in [-0.25, -0.2) is 9.18 Å². The molecule has 39 heavy (non-hydrogen) atoms. The van der Waals surface area contributed by atoms with Crippen molar-refractivity contribution in [1.29, 1.82) is 0 Å². The zero-order valence-corrected chi connectivity index (χ0v) is 20.7. The summed E-state index contributed by atoms with van der Waals surface area (Å²) in [5, 5.41) is 12.7. The van der Waals surface area contributed by atoms with Gasteiger partial charge in [-0.15, -0.1) is 0 Å². The van der Waals surface area contributed by atoms with Gasteiger partial charge < -0.3 is 10.0 Å². The summed E-state index contributed by atoms with van der Waals surface area (Å²) >= 11 is 6.04. The van der Waals surface area contributed by atoms with E-state index in [1.165, 1.54) is 17.2 Å². The number of aromatic carboxylic acids is 1. The molecule has 5 rings (SSSR count). The molecule has 8 nitrogen and oxygen atoms in total. The van der Waals surface area contributed by atoms with Crippen molar-refractivity contribution in [1.82, 2.24) is 19.7 Å². The van der Waals surface area contributed by atoms with Gasteiger partial charge in [0.15, 0.2) is 0 Å². The Labute approximate surface area is 222 Å². The Morgan fingerprint density at radius 2 is 1.82 bits per heavy atom. The van der Waals surface area contributed by atoms with Gasteiger partial charge in [0.05, 0.1) is 32.8 Å². The van der Waals surface area contributed by atoms with E-state index in [1.807, 2.05) is 0 Å². The number of hydrogen-bond donors (Lipinski definition) is 1. The van der Waals surface area contributed by atoms with Crippen LogP contribution in [0.3, 0.4) is 0 Å². The average Bonchev–Trinajstić information content (AvgIpc) is 3.67. The lowest BCUT2D eigenvalue weighted by Gasteiger charge is -2.16. The van der Waals surface area contributed by atoms with Gasteiger partial charge in [-0.2, -0.15) is 23.0 Å². The molecule has 4 aromatic rings. The van der Waals surface area contributed by atoms with Crippen molar-refractivity contribution in [3.63, 3.8) is 0 Å². The Balaban J connectivity index is 1.74. The van der Waals surface area contributed by atoms with E-state index in [1.54, 1.807) is 7.05 Å². The van der Waals surface area contributed by atoms with Crippen molar-refractivity contribution >= 4 is 40.4 Å². The second-order valence-electron chi connectivity index (χ2n) is 8.96. The number of fused-ring (bicyclic) bond motifs is 1. The smallest absolute Gasteiger partial charge is 0.417 e. The number of aromatic nitrogens is 3. The Bertz CT molecular complexity index is 1680. The molecule has 2 aromatic carbocycles. The zero-order valence-electron chi connectivity index (χ0n) is 20.0. The van der Waals surface area contributed by atoms with Crippen molar-refractivity contribution < 1.29 is 37.1 Å². The van der Waals surface area contributed by atoms with Crippen LogP contribution in [0.5, 0.6) is 0 Å². The van der Waals surface area contributed by atoms with Crippen LogP contribution in [-0.2, 0) is 6.18 Å². The van der Waals surface area contributed by atoms with E-state index in [2.05, 4.69) is 10.1 Å². The summed E-state index contributed by atoms with van der Waals surface area (Å²) in [7, 11) is 1.59. The lowest BCUT2D eigenvalue weighted by Crippen LogP contribution is -2.28. The maximum atomic E-state index is 15.0. The fourth-order valence-electron chi connectivity index (χ4n) is 4.21. The van der Waals surface area contributed by atoms with Gasteiger partial charge in [0.1, 0.15) is 17.0 Å². The van der Waals surface area contributed by atoms with Crippen molar-refractivity contribution in [2.24, 2.45) is 0 Å². The number of carboxylic acid groups (broad SMARTS) is 1. The third kappa shape index (κ3) is 4.71. The highest BCUT2D eigenvalue weighted by molar-refractivity contribution is 6.34. The van der Waals surface area contributed by atoms with Crippen molar-refractivity contribution in [3.8, 4) is 11.3 Å². The molecular weight excluding hydrogens is 544 g/mol. The first-order chi connectivity index (χ1) is 18.4. The fourth-order valence-corrected chi connectivity index (χ4v) is 4.46. The van der Waals surface area contributed by atoms with Crippen LogP contribution < -0.4 is 0 Å². The molecule has 1 N–H and O–H groups in total. The van der Waals surface area contributed by atoms with Crippen molar-refractivity contribution in [3.05, 3.63) is 81.8 Å². The van der Waals surface area contributed by atoms with Crippen LogP contribution >= 0.6 is 11.6 Å². The molecule has 2 aromatic heterocycles. The van der Waals surface area contributed by atoms with Crippen molar-refractivity contribution in [2.45, 2.75) is 25.1 Å². The molecule has 0 bridgehead atoms. The van der Waals surface area contributed by atoms with Crippen LogP contribution in [0.15, 0.2) is 48.7 Å². The second kappa shape index (κ2) is 9.45. The molecule has 13 heteroatoms. The first kappa shape index (κ1) is 26.3. The quantitative estimate of drug-likeness (QED) is 0.322. The van der Waals surface area contributed by atoms with Crippen LogP contribution in [0.2, 0.25) is 5.02 Å². The molecule has 2 heterocycles. The van der Waals surface area contributed by atoms with E-state index in [-0.39, 0.29) is 39.5 Å². The SMILES string of the molecule is CN(C(=O)c1cnc2c(-c3ccc(C(=O)O)cc3F)nn(C(=O)c3c(Cl)cccc3C(F)(F)F)c2c1)C1CC1. The monoisotopic (exact) mass is 560 g/mol. The van der Waals surface area contributed by atoms with Crippen LogP contribution in [0.1, 0.15) is 49.5 Å². The maximum absolute atomic E-state index is 15.0. The van der Waals surface area contributed by atoms with Gasteiger partial charge in [-0.05, 0) is 49.2 Å². The average molecular weight is 561 g/mol. The van der Waals surface area contributed by atoms with E-state index in [4.69, 9.17) is 16.7 Å². The highest BCUT2D eigenvalue weighted by Gasteiger charge is 2.38. The molecule has 1 fully saturated rings. The Kier molecular flexibility index (Phi) is 6.37. The second-order valence-corrected chi connectivity index (χ2v) is 9.37. The molecule has 0 aliphatic heterocycles. The highest BCUT2D eigenvalue weighted by atomic mass is 35.5. The molecule has 1 amide bonds. The van der Waals surface area contributed by atoms with E-state index in [0.29, 0.717) is 10.7 Å². The molecular formula is C26H17ClF4N4O4. The summed E-state index contributed by atoms with van der Waals surface area (Å²) in [4.78, 5) is 43.5. The molecule has 0 spiro atoms. The standard InChI is InChI=1S/C26H17ClF4N4O4/c1-34(14-6-7-14)23(36)13-10-19-22(32-11-13)21(15-8-5-12(25(38)39)9-18(15)28)33-35(19)24(37)20-16(26(29,30)31)3-2-4-17(20)27/h2-5,8-11,14H,6-7H2,1H3,(H,38,39). The third-order valence-corrected chi connectivity index (χ3v) is 6.69. The predicted molar refractivity (Wildman–Crippen MR) is 131 cm³/mol. The number of carbonyl (C=O) groups excluding carboxylic acids is 2. The number of benzene rings is 2. The number of rotatable bonds is 5. The topological polar surface area (TPSA) is 105 Å². The molecule has 1 aliphatic carbocycles. The van der Waals surface area contributed by atoms with Gasteiger partial charge in [-0.3, -0.25) is 14.6 Å². The Morgan fingerprint density at radius 1 is 1.10 bits per heavy atom. The summed E-state index contributed by atoms with van der Waals surface area (Å²) in [5.74, 6) is -4.11. The number of amides is 1. The largest absolute Gasteiger partial charge is 0.478 e. The Hall–Kier alpha value is -4.32. The van der Waals surface area contributed by atoms with Gasteiger partial charge in [0.2, 0.25) is 0 Å². The van der Waals surface area contributed by atoms with Gasteiger partial charge >= 0.3 is 12.1 Å². The number of carboxylic acids is 1. The number of hydrogen-bond acceptors (Lipinski definition) is 5. The predicted octanol–water partition coefficient (Wildman–Crippen LogP) is 5.53. The Morgan fingerprint density at radius 3 is 2.44 bits per heavy atom. The summed E-state index contributed by atoms with van der Waals surface area (Å²) < 4.78 is 56.9. The summed E-state index contributed by atoms with van der Waals surface area (Å²) in [5.41, 5.74) is -3.29. The highest BCUT2D eigenvalue weighted by Crippen LogP contribution is 2.37. The van der Waals surface area contributed by atoms with Gasteiger partial charge in [0, 0.05) is 24.8 Å². The molecule has 0 atom stereocenters. The number of pyridine rings is 1. The maximum Gasteiger partial charge on any atom is 0.417 e. The number of carbonyl (C=O) groups is 3. The molecule has 0 radical (unpaired) electrons. The number of alkyl halides is 3. The van der Waals surface area contributed by atoms with E-state index < -0.39 is 45.9 Å². The van der Waals surface area contributed by atoms with Gasteiger partial charge in [0.25, 0.3) is 11.8 Å². The first-order valence-corrected chi connectivity index (χ1v) is 11.9. The summed E-state index contributed by atoms with van der Waals surface area (Å²) in [6.07, 6.45) is -2.11. The first-order valence-electron chi connectivity index (χ1n) is 11.5. The van der Waals surface area contributed by atoms with E-state index in [9.17, 15) is 31.9 Å². The van der Waals surface area contributed by atoms with E-state index >= 15 is 0 Å². The molecule has 1 aliphatic rings. The number of nitrogens with zero attached hydrogens (tertiary/aromatic N) is 4. The summed E-state index contributed by atoms with van der Waals surface area (Å²) in [6, 6.07) is 7.06. The van der Waals surface area contributed by atoms with Crippen LogP contribution in [0.25, 0.3) is 22.3 Å². The minimum atomic E-state index is -4.94. The molecule has 0 unspecified atom stereocenters. The lowest BCUT2D eigenvalue weighted by molar-refractivity contribution is -0.137. The zero-order chi connectivity index (χ0) is 28.2. The molecule has 200 valence electrons. The van der Waals surface area contributed by atoms with Crippen LogP contribution in [0, 0.1) is 5.82 Å². The lowest BCUT2D eigenvalue weighted by atomic mass is 10.1. The fraction of sp³-hybridized carbons (Fsp3) is 0.192. The normalized spacial score (nSPS) is 13.5. The van der Waals surface area contributed by atoms with Crippen LogP contribution in [-0.4, -0.2) is 55.6 Å². The minimum Gasteiger partial charge on any atom is -0.478 e. The van der Waals surface area contributed by atoms with Crippen LogP contribution in [0.4, 0.5) is 17.6 Å². The van der Waals surface area contributed by atoms with Gasteiger partial charge in [-0.1, -0.05) is 17.7 Å². The van der Waals surface area contributed by atoms with Crippen molar-refractivity contribution in [2.75, 3.05) is 7.05 Å². The third-order valence-electron chi connectivity index (χ3n) is 6.38. The number of halogens is 5. The molecule has 1 saturated carbocycles. The minimum absolute atomic E-state index is 0.0364. The van der Waals surface area contributed by atoms with E-state index in [0.717, 1.165) is 43.2 Å². The molecule has 0 saturated heterocycles.